The van der Waals surface area contributed by atoms with Crippen molar-refractivity contribution < 1.29 is 9.18 Å². The van der Waals surface area contributed by atoms with Gasteiger partial charge >= 0.3 is 0 Å². The standard InChI is InChI=1S/C17H18FN5OS/c1-23-15(12-4-6-13(18)7-5-12)21-22-16(23)25-10-14(24)20-17(11-19)8-2-3-9-17/h4-7H,2-3,8-10H2,1H3,(H,20,24). The van der Waals surface area contributed by atoms with Crippen LogP contribution in [-0.2, 0) is 11.8 Å². The molecule has 1 heterocycles. The summed E-state index contributed by atoms with van der Waals surface area (Å²) in [6.45, 7) is 0. The third-order valence-electron chi connectivity index (χ3n) is 4.32. The van der Waals surface area contributed by atoms with Crippen molar-refractivity contribution in [1.82, 2.24) is 20.1 Å². The third-order valence-corrected chi connectivity index (χ3v) is 5.34. The summed E-state index contributed by atoms with van der Waals surface area (Å²) in [5.74, 6) is 0.279. The van der Waals surface area contributed by atoms with Crippen LogP contribution in [0.2, 0.25) is 0 Å². The number of nitrogens with zero attached hydrogens (tertiary/aromatic N) is 4. The smallest absolute Gasteiger partial charge is 0.231 e. The molecule has 3 rings (SSSR count). The molecule has 25 heavy (non-hydrogen) atoms. The highest BCUT2D eigenvalue weighted by atomic mass is 32.2. The number of nitriles is 1. The van der Waals surface area contributed by atoms with Crippen LogP contribution >= 0.6 is 11.8 Å². The topological polar surface area (TPSA) is 83.6 Å². The number of thioether (sulfide) groups is 1. The van der Waals surface area contributed by atoms with Gasteiger partial charge in [-0.25, -0.2) is 4.39 Å². The van der Waals surface area contributed by atoms with Crippen molar-refractivity contribution in [2.75, 3.05) is 5.75 Å². The molecule has 1 fully saturated rings. The highest BCUT2D eigenvalue weighted by Gasteiger charge is 2.35. The summed E-state index contributed by atoms with van der Waals surface area (Å²) in [4.78, 5) is 12.2. The average Bonchev–Trinajstić information content (AvgIpc) is 3.21. The van der Waals surface area contributed by atoms with Crippen LogP contribution < -0.4 is 5.32 Å². The molecule has 0 unspecified atom stereocenters. The van der Waals surface area contributed by atoms with Gasteiger partial charge in [-0.05, 0) is 49.9 Å². The molecule has 0 radical (unpaired) electrons. The maximum atomic E-state index is 13.0. The van der Waals surface area contributed by atoms with Gasteiger partial charge in [0.1, 0.15) is 11.4 Å². The van der Waals surface area contributed by atoms with Crippen LogP contribution in [-0.4, -0.2) is 32.0 Å². The zero-order chi connectivity index (χ0) is 17.9. The van der Waals surface area contributed by atoms with E-state index in [1.54, 1.807) is 23.7 Å². The lowest BCUT2D eigenvalue weighted by molar-refractivity contribution is -0.119. The summed E-state index contributed by atoms with van der Waals surface area (Å²) in [7, 11) is 1.80. The number of carbonyl (C=O) groups excluding carboxylic acids is 1. The first kappa shape index (κ1) is 17.4. The zero-order valence-electron chi connectivity index (χ0n) is 13.8. The van der Waals surface area contributed by atoms with E-state index in [4.69, 9.17) is 0 Å². The van der Waals surface area contributed by atoms with E-state index in [9.17, 15) is 14.4 Å². The maximum absolute atomic E-state index is 13.0. The summed E-state index contributed by atoms with van der Waals surface area (Å²) in [5.41, 5.74) is 0.0404. The Bertz CT molecular complexity index is 805. The monoisotopic (exact) mass is 359 g/mol. The van der Waals surface area contributed by atoms with Crippen LogP contribution in [0.4, 0.5) is 4.39 Å². The first-order valence-electron chi connectivity index (χ1n) is 8.03. The Kier molecular flexibility index (Phi) is 5.04. The lowest BCUT2D eigenvalue weighted by Gasteiger charge is -2.21. The van der Waals surface area contributed by atoms with Crippen molar-refractivity contribution in [2.45, 2.75) is 36.4 Å². The van der Waals surface area contributed by atoms with Crippen molar-refractivity contribution in [3.05, 3.63) is 30.1 Å². The summed E-state index contributed by atoms with van der Waals surface area (Å²) in [6.07, 6.45) is 3.34. The molecule has 1 saturated carbocycles. The molecule has 1 aliphatic rings. The number of benzene rings is 1. The van der Waals surface area contributed by atoms with E-state index in [1.165, 1.54) is 23.9 Å². The van der Waals surface area contributed by atoms with Crippen LogP contribution in [0.1, 0.15) is 25.7 Å². The number of nitrogens with one attached hydrogen (secondary N) is 1. The minimum absolute atomic E-state index is 0.165. The molecular weight excluding hydrogens is 341 g/mol. The largest absolute Gasteiger partial charge is 0.337 e. The van der Waals surface area contributed by atoms with Crippen molar-refractivity contribution in [2.24, 2.45) is 7.05 Å². The van der Waals surface area contributed by atoms with E-state index in [0.29, 0.717) is 23.8 Å². The highest BCUT2D eigenvalue weighted by Crippen LogP contribution is 2.29. The fourth-order valence-electron chi connectivity index (χ4n) is 2.97. The molecule has 1 aliphatic carbocycles. The van der Waals surface area contributed by atoms with Crippen LogP contribution in [0.3, 0.4) is 0 Å². The number of halogens is 1. The molecule has 1 N–H and O–H groups in total. The van der Waals surface area contributed by atoms with E-state index in [1.807, 2.05) is 0 Å². The fourth-order valence-corrected chi connectivity index (χ4v) is 3.68. The Hall–Kier alpha value is -2.40. The molecule has 130 valence electrons. The van der Waals surface area contributed by atoms with Gasteiger partial charge in [-0.15, -0.1) is 10.2 Å². The first-order chi connectivity index (χ1) is 12.0. The first-order valence-corrected chi connectivity index (χ1v) is 9.02. The number of carbonyl (C=O) groups is 1. The molecular formula is C17H18FN5OS. The van der Waals surface area contributed by atoms with Crippen LogP contribution in [0.25, 0.3) is 11.4 Å². The second-order valence-electron chi connectivity index (χ2n) is 6.11. The van der Waals surface area contributed by atoms with Crippen molar-refractivity contribution in [3.8, 4) is 17.5 Å². The number of aromatic nitrogens is 3. The van der Waals surface area contributed by atoms with Gasteiger partial charge in [-0.1, -0.05) is 11.8 Å². The van der Waals surface area contributed by atoms with E-state index >= 15 is 0 Å². The van der Waals surface area contributed by atoms with Crippen LogP contribution in [0, 0.1) is 17.1 Å². The molecule has 0 saturated heterocycles. The molecule has 1 amide bonds. The van der Waals surface area contributed by atoms with Gasteiger partial charge < -0.3 is 9.88 Å². The summed E-state index contributed by atoms with van der Waals surface area (Å²) in [6, 6.07) is 8.25. The van der Waals surface area contributed by atoms with Crippen LogP contribution in [0.5, 0.6) is 0 Å². The van der Waals surface area contributed by atoms with Gasteiger partial charge in [0.15, 0.2) is 11.0 Å². The zero-order valence-corrected chi connectivity index (χ0v) is 14.6. The summed E-state index contributed by atoms with van der Waals surface area (Å²) >= 11 is 1.26. The molecule has 6 nitrogen and oxygen atoms in total. The van der Waals surface area contributed by atoms with Gasteiger partial charge in [0, 0.05) is 12.6 Å². The Morgan fingerprint density at radius 3 is 2.68 bits per heavy atom. The number of hydrogen-bond donors (Lipinski definition) is 1. The highest BCUT2D eigenvalue weighted by molar-refractivity contribution is 7.99. The van der Waals surface area contributed by atoms with Gasteiger partial charge in [-0.3, -0.25) is 4.79 Å². The second kappa shape index (κ2) is 7.23. The van der Waals surface area contributed by atoms with Crippen molar-refractivity contribution >= 4 is 17.7 Å². The number of rotatable bonds is 5. The predicted molar refractivity (Wildman–Crippen MR) is 92.1 cm³/mol. The molecule has 1 aromatic carbocycles. The summed E-state index contributed by atoms with van der Waals surface area (Å²) in [5, 5.41) is 21.0. The van der Waals surface area contributed by atoms with E-state index in [-0.39, 0.29) is 17.5 Å². The van der Waals surface area contributed by atoms with Gasteiger partial charge in [0.25, 0.3) is 0 Å². The van der Waals surface area contributed by atoms with Gasteiger partial charge in [-0.2, -0.15) is 5.26 Å². The molecule has 0 atom stereocenters. The Balaban J connectivity index is 1.63. The summed E-state index contributed by atoms with van der Waals surface area (Å²) < 4.78 is 14.8. The SMILES string of the molecule is Cn1c(SCC(=O)NC2(C#N)CCCC2)nnc1-c1ccc(F)cc1. The fraction of sp³-hybridized carbons (Fsp3) is 0.412. The molecule has 8 heteroatoms. The lowest BCUT2D eigenvalue weighted by Crippen LogP contribution is -2.45. The van der Waals surface area contributed by atoms with E-state index in [2.05, 4.69) is 21.6 Å². The van der Waals surface area contributed by atoms with Crippen LogP contribution in [0.15, 0.2) is 29.4 Å². The average molecular weight is 359 g/mol. The normalized spacial score (nSPS) is 15.7. The van der Waals surface area contributed by atoms with Gasteiger partial charge in [0.2, 0.25) is 5.91 Å². The second-order valence-corrected chi connectivity index (χ2v) is 7.05. The Morgan fingerprint density at radius 2 is 2.04 bits per heavy atom. The van der Waals surface area contributed by atoms with Crippen molar-refractivity contribution in [3.63, 3.8) is 0 Å². The molecule has 2 aromatic rings. The van der Waals surface area contributed by atoms with Crippen molar-refractivity contribution in [1.29, 1.82) is 5.26 Å². The molecule has 0 spiro atoms. The lowest BCUT2D eigenvalue weighted by atomic mass is 10.0. The Labute approximate surface area is 149 Å². The number of hydrogen-bond acceptors (Lipinski definition) is 5. The minimum Gasteiger partial charge on any atom is -0.337 e. The maximum Gasteiger partial charge on any atom is 0.231 e. The van der Waals surface area contributed by atoms with E-state index in [0.717, 1.165) is 18.4 Å². The predicted octanol–water partition coefficient (Wildman–Crippen LogP) is 2.67. The minimum atomic E-state index is -0.712. The Morgan fingerprint density at radius 1 is 1.36 bits per heavy atom. The number of amides is 1. The molecule has 1 aromatic heterocycles. The third kappa shape index (κ3) is 3.82. The molecule has 0 bridgehead atoms. The molecule has 0 aliphatic heterocycles. The van der Waals surface area contributed by atoms with E-state index < -0.39 is 5.54 Å². The quantitative estimate of drug-likeness (QED) is 0.830. The van der Waals surface area contributed by atoms with Gasteiger partial charge in [0.05, 0.1) is 11.8 Å².